The van der Waals surface area contributed by atoms with Gasteiger partial charge in [0.2, 0.25) is 6.41 Å². The maximum atomic E-state index is 12.2. The summed E-state index contributed by atoms with van der Waals surface area (Å²) in [4.78, 5) is 24.6. The first-order valence-corrected chi connectivity index (χ1v) is 9.11. The predicted octanol–water partition coefficient (Wildman–Crippen LogP) is 5.21. The summed E-state index contributed by atoms with van der Waals surface area (Å²) in [6.45, 7) is 2.76. The van der Waals surface area contributed by atoms with E-state index in [-0.39, 0.29) is 5.91 Å². The zero-order valence-electron chi connectivity index (χ0n) is 14.5. The van der Waals surface area contributed by atoms with Gasteiger partial charge in [0, 0.05) is 12.1 Å². The fraction of sp³-hybridized carbons (Fsp3) is 0.600. The Morgan fingerprint density at radius 1 is 0.870 bits per heavy atom. The van der Waals surface area contributed by atoms with Crippen LogP contribution in [-0.4, -0.2) is 23.8 Å². The minimum absolute atomic E-state index is 0.198. The molecule has 0 aliphatic carbocycles. The smallest absolute Gasteiger partial charge is 0.260 e. The first kappa shape index (κ1) is 19.4. The Kier molecular flexibility index (Phi) is 10.9. The predicted molar refractivity (Wildman–Crippen MR) is 95.4 cm³/mol. The quantitative estimate of drug-likeness (QED) is 0.370. The molecular weight excluding hydrogens is 286 g/mol. The minimum Gasteiger partial charge on any atom is -0.281 e. The number of hydrogen-bond donors (Lipinski definition) is 0. The SMILES string of the molecule is CCCCCCCCCCCCN(C=O)C(=O)c1ccccc1. The van der Waals surface area contributed by atoms with E-state index in [1.807, 2.05) is 18.2 Å². The lowest BCUT2D eigenvalue weighted by molar-refractivity contribution is -0.116. The van der Waals surface area contributed by atoms with Crippen molar-refractivity contribution >= 4 is 12.3 Å². The first-order valence-electron chi connectivity index (χ1n) is 9.11. The molecular formula is C20H31NO2. The summed E-state index contributed by atoms with van der Waals surface area (Å²) in [5, 5.41) is 0. The van der Waals surface area contributed by atoms with Crippen molar-refractivity contribution in [2.45, 2.75) is 71.1 Å². The maximum Gasteiger partial charge on any atom is 0.260 e. The van der Waals surface area contributed by atoms with Crippen molar-refractivity contribution in [1.82, 2.24) is 4.90 Å². The van der Waals surface area contributed by atoms with Crippen LogP contribution in [0.25, 0.3) is 0 Å². The average Bonchev–Trinajstić information content (AvgIpc) is 2.60. The summed E-state index contributed by atoms with van der Waals surface area (Å²) in [7, 11) is 0. The Morgan fingerprint density at radius 2 is 1.39 bits per heavy atom. The van der Waals surface area contributed by atoms with E-state index in [1.165, 1.54) is 56.3 Å². The third kappa shape index (κ3) is 8.53. The fourth-order valence-corrected chi connectivity index (χ4v) is 2.72. The molecule has 0 aliphatic rings. The first-order chi connectivity index (χ1) is 11.3. The zero-order valence-corrected chi connectivity index (χ0v) is 14.5. The lowest BCUT2D eigenvalue weighted by Gasteiger charge is -2.15. The Bertz CT molecular complexity index is 431. The van der Waals surface area contributed by atoms with Gasteiger partial charge in [-0.3, -0.25) is 14.5 Å². The molecule has 0 N–H and O–H groups in total. The molecule has 0 radical (unpaired) electrons. The van der Waals surface area contributed by atoms with Gasteiger partial charge in [-0.15, -0.1) is 0 Å². The summed E-state index contributed by atoms with van der Waals surface area (Å²) >= 11 is 0. The molecule has 3 nitrogen and oxygen atoms in total. The Morgan fingerprint density at radius 3 is 1.91 bits per heavy atom. The highest BCUT2D eigenvalue weighted by Crippen LogP contribution is 2.11. The van der Waals surface area contributed by atoms with Gasteiger partial charge < -0.3 is 0 Å². The fourth-order valence-electron chi connectivity index (χ4n) is 2.72. The van der Waals surface area contributed by atoms with Crippen molar-refractivity contribution in [3.63, 3.8) is 0 Å². The average molecular weight is 317 g/mol. The molecule has 0 atom stereocenters. The number of amides is 2. The van der Waals surface area contributed by atoms with Crippen molar-refractivity contribution in [3.05, 3.63) is 35.9 Å². The van der Waals surface area contributed by atoms with Crippen LogP contribution in [0.2, 0.25) is 0 Å². The van der Waals surface area contributed by atoms with Crippen molar-refractivity contribution in [2.24, 2.45) is 0 Å². The number of imide groups is 1. The number of nitrogens with zero attached hydrogens (tertiary/aromatic N) is 1. The third-order valence-corrected chi connectivity index (χ3v) is 4.16. The van der Waals surface area contributed by atoms with E-state index < -0.39 is 0 Å². The van der Waals surface area contributed by atoms with E-state index in [0.717, 1.165) is 12.8 Å². The molecule has 0 aromatic heterocycles. The molecule has 23 heavy (non-hydrogen) atoms. The Labute approximate surface area is 141 Å². The van der Waals surface area contributed by atoms with E-state index in [0.29, 0.717) is 18.5 Å². The normalized spacial score (nSPS) is 10.5. The van der Waals surface area contributed by atoms with Crippen LogP contribution >= 0.6 is 0 Å². The highest BCUT2D eigenvalue weighted by atomic mass is 16.2. The van der Waals surface area contributed by atoms with Gasteiger partial charge in [0.1, 0.15) is 0 Å². The van der Waals surface area contributed by atoms with Crippen molar-refractivity contribution in [1.29, 1.82) is 0 Å². The lowest BCUT2D eigenvalue weighted by atomic mass is 10.1. The van der Waals surface area contributed by atoms with Gasteiger partial charge in [-0.25, -0.2) is 0 Å². The van der Waals surface area contributed by atoms with Crippen LogP contribution in [0.5, 0.6) is 0 Å². The van der Waals surface area contributed by atoms with Gasteiger partial charge in [0.05, 0.1) is 0 Å². The maximum absolute atomic E-state index is 12.2. The molecule has 1 aromatic carbocycles. The molecule has 1 rings (SSSR count). The molecule has 0 saturated carbocycles. The zero-order chi connectivity index (χ0) is 16.8. The molecule has 2 amide bonds. The minimum atomic E-state index is -0.198. The second-order valence-corrected chi connectivity index (χ2v) is 6.15. The molecule has 0 fully saturated rings. The number of rotatable bonds is 13. The second kappa shape index (κ2) is 12.9. The summed E-state index contributed by atoms with van der Waals surface area (Å²) in [5.41, 5.74) is 0.576. The molecule has 128 valence electrons. The van der Waals surface area contributed by atoms with Crippen molar-refractivity contribution in [2.75, 3.05) is 6.54 Å². The van der Waals surface area contributed by atoms with Gasteiger partial charge in [0.25, 0.3) is 5.91 Å². The van der Waals surface area contributed by atoms with Crippen molar-refractivity contribution < 1.29 is 9.59 Å². The number of carbonyl (C=O) groups is 2. The Balaban J connectivity index is 2.09. The van der Waals surface area contributed by atoms with E-state index in [9.17, 15) is 9.59 Å². The van der Waals surface area contributed by atoms with Crippen molar-refractivity contribution in [3.8, 4) is 0 Å². The molecule has 0 spiro atoms. The molecule has 0 aliphatic heterocycles. The van der Waals surface area contributed by atoms with Crippen LogP contribution in [-0.2, 0) is 4.79 Å². The molecule has 0 unspecified atom stereocenters. The van der Waals surface area contributed by atoms with Gasteiger partial charge in [-0.1, -0.05) is 82.9 Å². The van der Waals surface area contributed by atoms with Crippen LogP contribution in [0.4, 0.5) is 0 Å². The van der Waals surface area contributed by atoms with E-state index in [1.54, 1.807) is 12.1 Å². The third-order valence-electron chi connectivity index (χ3n) is 4.16. The highest BCUT2D eigenvalue weighted by molar-refractivity contribution is 5.99. The van der Waals surface area contributed by atoms with E-state index in [2.05, 4.69) is 6.92 Å². The van der Waals surface area contributed by atoms with Crippen LogP contribution < -0.4 is 0 Å². The van der Waals surface area contributed by atoms with Crippen LogP contribution in [0.3, 0.4) is 0 Å². The lowest BCUT2D eigenvalue weighted by Crippen LogP contribution is -2.30. The topological polar surface area (TPSA) is 37.4 Å². The van der Waals surface area contributed by atoms with Gasteiger partial charge in [-0.05, 0) is 18.6 Å². The molecule has 0 saturated heterocycles. The summed E-state index contributed by atoms with van der Waals surface area (Å²) < 4.78 is 0. The molecule has 1 aromatic rings. The molecule has 0 bridgehead atoms. The highest BCUT2D eigenvalue weighted by Gasteiger charge is 2.13. The monoisotopic (exact) mass is 317 g/mol. The van der Waals surface area contributed by atoms with Gasteiger partial charge >= 0.3 is 0 Å². The number of hydrogen-bond acceptors (Lipinski definition) is 2. The second-order valence-electron chi connectivity index (χ2n) is 6.15. The number of unbranched alkanes of at least 4 members (excludes halogenated alkanes) is 9. The molecule has 3 heteroatoms. The van der Waals surface area contributed by atoms with Gasteiger partial charge in [0.15, 0.2) is 0 Å². The summed E-state index contributed by atoms with van der Waals surface area (Å²) in [5.74, 6) is -0.198. The Hall–Kier alpha value is -1.64. The number of benzene rings is 1. The summed E-state index contributed by atoms with van der Waals surface area (Å²) in [6, 6.07) is 8.99. The largest absolute Gasteiger partial charge is 0.281 e. The van der Waals surface area contributed by atoms with Gasteiger partial charge in [-0.2, -0.15) is 0 Å². The van der Waals surface area contributed by atoms with E-state index in [4.69, 9.17) is 0 Å². The van der Waals surface area contributed by atoms with Crippen LogP contribution in [0, 0.1) is 0 Å². The summed E-state index contributed by atoms with van der Waals surface area (Å²) in [6.07, 6.45) is 13.1. The number of carbonyl (C=O) groups excluding carboxylic acids is 2. The van der Waals surface area contributed by atoms with Crippen LogP contribution in [0.1, 0.15) is 81.5 Å². The van der Waals surface area contributed by atoms with E-state index >= 15 is 0 Å². The molecule has 0 heterocycles. The van der Waals surface area contributed by atoms with Crippen LogP contribution in [0.15, 0.2) is 30.3 Å². The standard InChI is InChI=1S/C20H31NO2/c1-2-3-4-5-6-7-8-9-10-14-17-21(18-22)20(23)19-15-12-11-13-16-19/h11-13,15-16,18H,2-10,14,17H2,1H3.